The van der Waals surface area contributed by atoms with Crippen LogP contribution >= 0.6 is 0 Å². The zero-order valence-corrected chi connectivity index (χ0v) is 13.1. The second-order valence-electron chi connectivity index (χ2n) is 6.53. The highest BCUT2D eigenvalue weighted by molar-refractivity contribution is 5.98. The number of aliphatic hydroxyl groups is 1. The van der Waals surface area contributed by atoms with Gasteiger partial charge in [0.2, 0.25) is 0 Å². The molecule has 5 nitrogen and oxygen atoms in total. The molecular formula is C17H24N2O3. The van der Waals surface area contributed by atoms with Crippen LogP contribution in [-0.4, -0.2) is 29.7 Å². The summed E-state index contributed by atoms with van der Waals surface area (Å²) in [5.41, 5.74) is 1.46. The van der Waals surface area contributed by atoms with Gasteiger partial charge in [-0.25, -0.2) is 0 Å². The molecule has 2 heterocycles. The Kier molecular flexibility index (Phi) is 4.36. The number of aliphatic hydroxyl groups excluding tert-OH is 1. The third kappa shape index (κ3) is 2.96. The third-order valence-corrected chi connectivity index (χ3v) is 4.45. The summed E-state index contributed by atoms with van der Waals surface area (Å²) in [4.78, 5) is 12.1. The van der Waals surface area contributed by atoms with Crippen LogP contribution in [0.15, 0.2) is 18.2 Å². The summed E-state index contributed by atoms with van der Waals surface area (Å²) in [5.74, 6) is 0.667. The van der Waals surface area contributed by atoms with Gasteiger partial charge >= 0.3 is 0 Å². The van der Waals surface area contributed by atoms with Gasteiger partial charge in [0.25, 0.3) is 5.91 Å². The number of rotatable bonds is 3. The van der Waals surface area contributed by atoms with E-state index >= 15 is 0 Å². The summed E-state index contributed by atoms with van der Waals surface area (Å²) in [5, 5.41) is 16.8. The lowest BCUT2D eigenvalue weighted by Gasteiger charge is -2.31. The summed E-state index contributed by atoms with van der Waals surface area (Å²) in [7, 11) is 0. The number of hydrogen-bond acceptors (Lipinski definition) is 4. The first kappa shape index (κ1) is 15.3. The Labute approximate surface area is 131 Å². The van der Waals surface area contributed by atoms with E-state index in [9.17, 15) is 9.90 Å². The quantitative estimate of drug-likeness (QED) is 0.801. The van der Waals surface area contributed by atoms with Gasteiger partial charge in [0.05, 0.1) is 11.8 Å². The van der Waals surface area contributed by atoms with Crippen LogP contribution in [0.2, 0.25) is 0 Å². The largest absolute Gasteiger partial charge is 0.478 e. The molecule has 3 atom stereocenters. The number of hydrogen-bond donors (Lipinski definition) is 3. The maximum Gasteiger partial charge on any atom is 0.265 e. The molecule has 1 amide bonds. The van der Waals surface area contributed by atoms with Gasteiger partial charge in [-0.2, -0.15) is 0 Å². The summed E-state index contributed by atoms with van der Waals surface area (Å²) in [6.45, 7) is 4.87. The van der Waals surface area contributed by atoms with E-state index in [0.717, 1.165) is 31.4 Å². The van der Waals surface area contributed by atoms with Crippen LogP contribution in [0.1, 0.15) is 44.8 Å². The number of benzene rings is 1. The van der Waals surface area contributed by atoms with E-state index in [1.807, 2.05) is 32.0 Å². The van der Waals surface area contributed by atoms with Crippen LogP contribution < -0.4 is 15.4 Å². The number of carbonyl (C=O) groups excluding carboxylic acids is 1. The lowest BCUT2D eigenvalue weighted by atomic mass is 9.94. The smallest absolute Gasteiger partial charge is 0.265 e. The van der Waals surface area contributed by atoms with Crippen molar-refractivity contribution in [1.29, 1.82) is 0 Å². The Morgan fingerprint density at radius 2 is 2.14 bits per heavy atom. The summed E-state index contributed by atoms with van der Waals surface area (Å²) >= 11 is 0. The SMILES string of the molecule is CC(C)C1Oc2ccc(C(O)C3CCCCN3)cc2NC1=O. The first-order valence-electron chi connectivity index (χ1n) is 8.09. The van der Waals surface area contributed by atoms with Crippen molar-refractivity contribution in [3.63, 3.8) is 0 Å². The molecule has 0 aliphatic carbocycles. The zero-order valence-electron chi connectivity index (χ0n) is 13.1. The fourth-order valence-corrected chi connectivity index (χ4v) is 3.15. The molecule has 120 valence electrons. The van der Waals surface area contributed by atoms with Crippen LogP contribution in [-0.2, 0) is 4.79 Å². The first-order valence-corrected chi connectivity index (χ1v) is 8.09. The topological polar surface area (TPSA) is 70.6 Å². The van der Waals surface area contributed by atoms with Crippen molar-refractivity contribution >= 4 is 11.6 Å². The Morgan fingerprint density at radius 3 is 2.82 bits per heavy atom. The zero-order chi connectivity index (χ0) is 15.7. The molecule has 3 N–H and O–H groups in total. The van der Waals surface area contributed by atoms with Gasteiger partial charge in [-0.3, -0.25) is 4.79 Å². The van der Waals surface area contributed by atoms with E-state index in [0.29, 0.717) is 11.4 Å². The monoisotopic (exact) mass is 304 g/mol. The van der Waals surface area contributed by atoms with Crippen LogP contribution in [0.4, 0.5) is 5.69 Å². The molecule has 22 heavy (non-hydrogen) atoms. The lowest BCUT2D eigenvalue weighted by Crippen LogP contribution is -2.41. The molecule has 3 unspecified atom stereocenters. The van der Waals surface area contributed by atoms with Crippen LogP contribution in [0.5, 0.6) is 5.75 Å². The Bertz CT molecular complexity index is 553. The van der Waals surface area contributed by atoms with Crippen molar-refractivity contribution in [3.8, 4) is 5.75 Å². The molecule has 3 rings (SSSR count). The number of anilines is 1. The maximum atomic E-state index is 12.1. The lowest BCUT2D eigenvalue weighted by molar-refractivity contribution is -0.125. The number of amides is 1. The van der Waals surface area contributed by atoms with Gasteiger partial charge < -0.3 is 20.5 Å². The number of ether oxygens (including phenoxy) is 1. The van der Waals surface area contributed by atoms with Gasteiger partial charge in [-0.15, -0.1) is 0 Å². The second-order valence-corrected chi connectivity index (χ2v) is 6.53. The molecule has 1 aromatic carbocycles. The van der Waals surface area contributed by atoms with Gasteiger partial charge in [-0.05, 0) is 43.0 Å². The Hall–Kier alpha value is -1.59. The van der Waals surface area contributed by atoms with Crippen LogP contribution in [0, 0.1) is 5.92 Å². The minimum atomic E-state index is -0.565. The van der Waals surface area contributed by atoms with Crippen LogP contribution in [0.3, 0.4) is 0 Å². The molecule has 2 aliphatic heterocycles. The Balaban J connectivity index is 1.79. The molecule has 5 heteroatoms. The summed E-state index contributed by atoms with van der Waals surface area (Å²) < 4.78 is 5.78. The van der Waals surface area contributed by atoms with Crippen molar-refractivity contribution in [3.05, 3.63) is 23.8 Å². The minimum Gasteiger partial charge on any atom is -0.478 e. The number of carbonyl (C=O) groups is 1. The first-order chi connectivity index (χ1) is 10.6. The van der Waals surface area contributed by atoms with E-state index in [1.54, 1.807) is 0 Å². The molecule has 0 spiro atoms. The van der Waals surface area contributed by atoms with E-state index in [4.69, 9.17) is 4.74 Å². The highest BCUT2D eigenvalue weighted by Crippen LogP contribution is 2.35. The Morgan fingerprint density at radius 1 is 1.32 bits per heavy atom. The van der Waals surface area contributed by atoms with E-state index in [1.165, 1.54) is 0 Å². The number of piperidine rings is 1. The molecule has 1 aromatic rings. The van der Waals surface area contributed by atoms with Crippen molar-refractivity contribution in [1.82, 2.24) is 5.32 Å². The highest BCUT2D eigenvalue weighted by atomic mass is 16.5. The molecule has 0 bridgehead atoms. The van der Waals surface area contributed by atoms with Gasteiger partial charge in [0.1, 0.15) is 5.75 Å². The predicted molar refractivity (Wildman–Crippen MR) is 84.9 cm³/mol. The van der Waals surface area contributed by atoms with Crippen molar-refractivity contribution in [2.75, 3.05) is 11.9 Å². The number of nitrogens with one attached hydrogen (secondary N) is 2. The molecular weight excluding hydrogens is 280 g/mol. The van der Waals surface area contributed by atoms with Gasteiger partial charge in [-0.1, -0.05) is 26.3 Å². The normalized spacial score (nSPS) is 26.1. The molecule has 1 saturated heterocycles. The highest BCUT2D eigenvalue weighted by Gasteiger charge is 2.31. The van der Waals surface area contributed by atoms with Gasteiger partial charge in [0.15, 0.2) is 6.10 Å². The van der Waals surface area contributed by atoms with Gasteiger partial charge in [0, 0.05) is 6.04 Å². The average Bonchev–Trinajstić information content (AvgIpc) is 2.53. The second kappa shape index (κ2) is 6.26. The molecule has 2 aliphatic rings. The molecule has 0 aromatic heterocycles. The fourth-order valence-electron chi connectivity index (χ4n) is 3.15. The number of fused-ring (bicyclic) bond motifs is 1. The summed E-state index contributed by atoms with van der Waals surface area (Å²) in [6.07, 6.45) is 2.24. The molecule has 0 saturated carbocycles. The van der Waals surface area contributed by atoms with E-state index in [-0.39, 0.29) is 17.9 Å². The minimum absolute atomic E-state index is 0.0791. The van der Waals surface area contributed by atoms with Crippen molar-refractivity contribution in [2.45, 2.75) is 51.4 Å². The summed E-state index contributed by atoms with van der Waals surface area (Å²) in [6, 6.07) is 5.63. The van der Waals surface area contributed by atoms with Crippen LogP contribution in [0.25, 0.3) is 0 Å². The fraction of sp³-hybridized carbons (Fsp3) is 0.588. The molecule has 0 radical (unpaired) electrons. The maximum absolute atomic E-state index is 12.1. The molecule has 1 fully saturated rings. The van der Waals surface area contributed by atoms with E-state index in [2.05, 4.69) is 10.6 Å². The van der Waals surface area contributed by atoms with Crippen molar-refractivity contribution in [2.24, 2.45) is 5.92 Å². The third-order valence-electron chi connectivity index (χ3n) is 4.45. The average molecular weight is 304 g/mol. The predicted octanol–water partition coefficient (Wildman–Crippen LogP) is 2.22. The standard InChI is InChI=1S/C17H24N2O3/c1-10(2)16-17(21)19-13-9-11(6-7-14(13)22-16)15(20)12-5-3-4-8-18-12/h6-7,9-10,12,15-16,18,20H,3-5,8H2,1-2H3,(H,19,21). The van der Waals surface area contributed by atoms with E-state index < -0.39 is 12.2 Å². The van der Waals surface area contributed by atoms with Crippen molar-refractivity contribution < 1.29 is 14.6 Å².